The van der Waals surface area contributed by atoms with Gasteiger partial charge in [0.15, 0.2) is 5.96 Å². The second-order valence-electron chi connectivity index (χ2n) is 5.06. The first-order valence-corrected chi connectivity index (χ1v) is 8.38. The maximum absolute atomic E-state index is 8.81. The molecule has 1 heterocycles. The third-order valence-corrected chi connectivity index (χ3v) is 5.01. The number of rotatable bonds is 3. The number of halogens is 1. The van der Waals surface area contributed by atoms with Crippen molar-refractivity contribution in [2.24, 2.45) is 4.99 Å². The summed E-state index contributed by atoms with van der Waals surface area (Å²) in [6.07, 6.45) is 1.20. The zero-order valence-electron chi connectivity index (χ0n) is 13.1. The van der Waals surface area contributed by atoms with Gasteiger partial charge in [0.05, 0.1) is 11.6 Å². The van der Waals surface area contributed by atoms with Crippen LogP contribution in [0.1, 0.15) is 24.5 Å². The van der Waals surface area contributed by atoms with Crippen LogP contribution in [0.25, 0.3) is 0 Å². The molecular weight excluding hydrogens is 407 g/mol. The Kier molecular flexibility index (Phi) is 8.64. The summed E-state index contributed by atoms with van der Waals surface area (Å²) in [4.78, 5) is 6.74. The van der Waals surface area contributed by atoms with Crippen LogP contribution in [-0.4, -0.2) is 42.0 Å². The van der Waals surface area contributed by atoms with Crippen molar-refractivity contribution in [2.75, 3.05) is 25.9 Å². The standard InChI is InChI=1S/C16H22N4S.HI/c1-3-15-12-20(8-9-21-15)16(18-2)19-11-14-6-4-13(10-17)5-7-14;/h4-7,15H,3,8-9,11-12H2,1-2H3,(H,18,19);1H. The summed E-state index contributed by atoms with van der Waals surface area (Å²) in [6.45, 7) is 5.09. The topological polar surface area (TPSA) is 51.4 Å². The number of hydrogen-bond acceptors (Lipinski definition) is 3. The van der Waals surface area contributed by atoms with Gasteiger partial charge in [0.25, 0.3) is 0 Å². The van der Waals surface area contributed by atoms with Crippen LogP contribution >= 0.6 is 35.7 Å². The lowest BCUT2D eigenvalue weighted by Gasteiger charge is -2.34. The molecule has 0 bridgehead atoms. The zero-order valence-corrected chi connectivity index (χ0v) is 16.2. The number of thioether (sulfide) groups is 1. The highest BCUT2D eigenvalue weighted by molar-refractivity contribution is 14.0. The summed E-state index contributed by atoms with van der Waals surface area (Å²) >= 11 is 2.06. The van der Waals surface area contributed by atoms with Gasteiger partial charge in [0.1, 0.15) is 0 Å². The first-order chi connectivity index (χ1) is 10.3. The van der Waals surface area contributed by atoms with Crippen molar-refractivity contribution in [3.8, 4) is 6.07 Å². The van der Waals surface area contributed by atoms with E-state index in [0.717, 1.165) is 36.9 Å². The molecule has 0 spiro atoms. The Hall–Kier alpha value is -0.940. The lowest BCUT2D eigenvalue weighted by Crippen LogP contribution is -2.47. The average molecular weight is 430 g/mol. The van der Waals surface area contributed by atoms with Crippen LogP contribution in [0.5, 0.6) is 0 Å². The molecule has 1 aromatic rings. The third-order valence-electron chi connectivity index (χ3n) is 3.64. The molecule has 22 heavy (non-hydrogen) atoms. The molecule has 1 aromatic carbocycles. The molecule has 1 unspecified atom stereocenters. The van der Waals surface area contributed by atoms with Crippen molar-refractivity contribution in [3.05, 3.63) is 35.4 Å². The van der Waals surface area contributed by atoms with Crippen molar-refractivity contribution in [1.29, 1.82) is 5.26 Å². The molecule has 120 valence electrons. The summed E-state index contributed by atoms with van der Waals surface area (Å²) in [5.74, 6) is 2.13. The van der Waals surface area contributed by atoms with Gasteiger partial charge in [-0.05, 0) is 24.1 Å². The molecule has 0 radical (unpaired) electrons. The van der Waals surface area contributed by atoms with E-state index in [4.69, 9.17) is 5.26 Å². The van der Waals surface area contributed by atoms with Crippen molar-refractivity contribution in [2.45, 2.75) is 25.1 Å². The minimum Gasteiger partial charge on any atom is -0.352 e. The van der Waals surface area contributed by atoms with E-state index >= 15 is 0 Å². The van der Waals surface area contributed by atoms with Gasteiger partial charge in [-0.3, -0.25) is 4.99 Å². The largest absolute Gasteiger partial charge is 0.352 e. The van der Waals surface area contributed by atoms with Crippen LogP contribution < -0.4 is 5.32 Å². The summed E-state index contributed by atoms with van der Waals surface area (Å²) in [5.41, 5.74) is 1.86. The van der Waals surface area contributed by atoms with E-state index in [2.05, 4.69) is 40.0 Å². The number of nitrogens with zero attached hydrogens (tertiary/aromatic N) is 3. The molecule has 1 fully saturated rings. The van der Waals surface area contributed by atoms with Crippen molar-refractivity contribution >= 4 is 41.7 Å². The Morgan fingerprint density at radius 1 is 1.45 bits per heavy atom. The Balaban J connectivity index is 0.00000242. The van der Waals surface area contributed by atoms with Gasteiger partial charge in [-0.25, -0.2) is 0 Å². The first-order valence-electron chi connectivity index (χ1n) is 7.33. The molecule has 0 aliphatic carbocycles. The van der Waals surface area contributed by atoms with Gasteiger partial charge in [0.2, 0.25) is 0 Å². The molecule has 2 rings (SSSR count). The summed E-state index contributed by atoms with van der Waals surface area (Å²) in [6, 6.07) is 9.81. The van der Waals surface area contributed by atoms with Crippen LogP contribution in [0, 0.1) is 11.3 Å². The van der Waals surface area contributed by atoms with Crippen molar-refractivity contribution in [1.82, 2.24) is 10.2 Å². The number of benzene rings is 1. The predicted octanol–water partition coefficient (Wildman–Crippen LogP) is 3.08. The summed E-state index contributed by atoms with van der Waals surface area (Å²) in [7, 11) is 1.84. The molecule has 0 saturated carbocycles. The molecular formula is C16H23IN4S. The summed E-state index contributed by atoms with van der Waals surface area (Å²) < 4.78 is 0. The van der Waals surface area contributed by atoms with Crippen molar-refractivity contribution in [3.63, 3.8) is 0 Å². The number of aliphatic imine (C=N–C) groups is 1. The minimum atomic E-state index is 0. The molecule has 4 nitrogen and oxygen atoms in total. The number of guanidine groups is 1. The van der Waals surface area contributed by atoms with Crippen LogP contribution in [0.15, 0.2) is 29.3 Å². The van der Waals surface area contributed by atoms with E-state index in [1.54, 1.807) is 0 Å². The van der Waals surface area contributed by atoms with Gasteiger partial charge in [-0.2, -0.15) is 17.0 Å². The fourth-order valence-corrected chi connectivity index (χ4v) is 3.55. The van der Waals surface area contributed by atoms with E-state index in [1.807, 2.05) is 31.3 Å². The van der Waals surface area contributed by atoms with Crippen molar-refractivity contribution < 1.29 is 0 Å². The van der Waals surface area contributed by atoms with Gasteiger partial charge in [0, 0.05) is 37.7 Å². The molecule has 1 aliphatic heterocycles. The first kappa shape index (κ1) is 19.1. The highest BCUT2D eigenvalue weighted by atomic mass is 127. The van der Waals surface area contributed by atoms with Crippen LogP contribution in [0.4, 0.5) is 0 Å². The minimum absolute atomic E-state index is 0. The average Bonchev–Trinajstić information content (AvgIpc) is 2.56. The number of nitriles is 1. The normalized spacial score (nSPS) is 18.3. The molecule has 0 amide bonds. The second kappa shape index (κ2) is 9.95. The number of hydrogen-bond donors (Lipinski definition) is 1. The molecule has 0 aromatic heterocycles. The summed E-state index contributed by atoms with van der Waals surface area (Å²) in [5, 5.41) is 12.9. The molecule has 6 heteroatoms. The van der Waals surface area contributed by atoms with E-state index in [1.165, 1.54) is 6.42 Å². The van der Waals surface area contributed by atoms with E-state index in [9.17, 15) is 0 Å². The maximum atomic E-state index is 8.81. The van der Waals surface area contributed by atoms with Crippen LogP contribution in [0.2, 0.25) is 0 Å². The van der Waals surface area contributed by atoms with E-state index in [0.29, 0.717) is 10.8 Å². The Morgan fingerprint density at radius 3 is 2.77 bits per heavy atom. The molecule has 1 N–H and O–H groups in total. The van der Waals surface area contributed by atoms with E-state index < -0.39 is 0 Å². The Morgan fingerprint density at radius 2 is 2.18 bits per heavy atom. The lowest BCUT2D eigenvalue weighted by atomic mass is 10.1. The Bertz CT molecular complexity index is 524. The van der Waals surface area contributed by atoms with Gasteiger partial charge < -0.3 is 10.2 Å². The smallest absolute Gasteiger partial charge is 0.193 e. The van der Waals surface area contributed by atoms with Gasteiger partial charge in [-0.1, -0.05) is 19.1 Å². The zero-order chi connectivity index (χ0) is 15.1. The van der Waals surface area contributed by atoms with Gasteiger partial charge >= 0.3 is 0 Å². The SMILES string of the molecule is CCC1CN(C(=NC)NCc2ccc(C#N)cc2)CCS1.I. The molecule has 1 aliphatic rings. The maximum Gasteiger partial charge on any atom is 0.193 e. The third kappa shape index (κ3) is 5.36. The van der Waals surface area contributed by atoms with Crippen LogP contribution in [-0.2, 0) is 6.54 Å². The van der Waals surface area contributed by atoms with Gasteiger partial charge in [-0.15, -0.1) is 24.0 Å². The monoisotopic (exact) mass is 430 g/mol. The Labute approximate surface area is 154 Å². The molecule has 1 atom stereocenters. The van der Waals surface area contributed by atoms with E-state index in [-0.39, 0.29) is 24.0 Å². The highest BCUT2D eigenvalue weighted by Gasteiger charge is 2.21. The number of nitrogens with one attached hydrogen (secondary N) is 1. The highest BCUT2D eigenvalue weighted by Crippen LogP contribution is 2.21. The fraction of sp³-hybridized carbons (Fsp3) is 0.500. The predicted molar refractivity (Wildman–Crippen MR) is 105 cm³/mol. The molecule has 1 saturated heterocycles. The lowest BCUT2D eigenvalue weighted by molar-refractivity contribution is 0.408. The fourth-order valence-electron chi connectivity index (χ4n) is 2.37. The quantitative estimate of drug-likeness (QED) is 0.455. The second-order valence-corrected chi connectivity index (χ2v) is 6.46. The van der Waals surface area contributed by atoms with Crippen LogP contribution in [0.3, 0.4) is 0 Å².